The molecule has 4 heterocycles. The number of thiazole rings is 1. The smallest absolute Gasteiger partial charge is 0.230 e. The highest BCUT2D eigenvalue weighted by Gasteiger charge is 2.14. The maximum Gasteiger partial charge on any atom is 0.230 e. The highest BCUT2D eigenvalue weighted by atomic mass is 32.1. The first kappa shape index (κ1) is 19.6. The van der Waals surface area contributed by atoms with Gasteiger partial charge < -0.3 is 15.0 Å². The summed E-state index contributed by atoms with van der Waals surface area (Å²) in [5.41, 5.74) is 3.58. The van der Waals surface area contributed by atoms with Crippen LogP contribution in [0.3, 0.4) is 0 Å². The summed E-state index contributed by atoms with van der Waals surface area (Å²) in [6.45, 7) is 3.10. The number of amides is 1. The van der Waals surface area contributed by atoms with Gasteiger partial charge in [0.15, 0.2) is 5.13 Å². The number of hydrogen-bond acceptors (Lipinski definition) is 7. The average Bonchev–Trinajstić information content (AvgIpc) is 3.32. The van der Waals surface area contributed by atoms with Crippen LogP contribution in [0.15, 0.2) is 60.2 Å². The van der Waals surface area contributed by atoms with E-state index < -0.39 is 0 Å². The Morgan fingerprint density at radius 3 is 2.84 bits per heavy atom. The molecule has 1 amide bonds. The Labute approximate surface area is 183 Å². The molecule has 1 saturated heterocycles. The number of morpholine rings is 1. The van der Waals surface area contributed by atoms with Crippen molar-refractivity contribution in [3.8, 4) is 11.3 Å². The van der Waals surface area contributed by atoms with E-state index in [-0.39, 0.29) is 12.3 Å². The number of fused-ring (bicyclic) bond motifs is 1. The normalized spacial score (nSPS) is 14.0. The molecule has 3 aromatic heterocycles. The summed E-state index contributed by atoms with van der Waals surface area (Å²) >= 11 is 1.40. The first-order chi connectivity index (χ1) is 15.3. The minimum absolute atomic E-state index is 0.104. The Bertz CT molecular complexity index is 1210. The third kappa shape index (κ3) is 4.40. The number of aromatic nitrogens is 3. The number of ether oxygens (including phenoxy) is 1. The van der Waals surface area contributed by atoms with Crippen molar-refractivity contribution in [2.24, 2.45) is 0 Å². The molecule has 0 unspecified atom stereocenters. The molecular formula is C23H21N5O2S. The van der Waals surface area contributed by atoms with Gasteiger partial charge in [0, 0.05) is 41.8 Å². The number of benzene rings is 1. The molecule has 1 aliphatic heterocycles. The number of nitrogens with zero attached hydrogens (tertiary/aromatic N) is 4. The summed E-state index contributed by atoms with van der Waals surface area (Å²) in [5, 5.41) is 6.28. The van der Waals surface area contributed by atoms with Gasteiger partial charge in [0.1, 0.15) is 5.82 Å². The van der Waals surface area contributed by atoms with Crippen molar-refractivity contribution in [1.29, 1.82) is 0 Å². The number of hydrogen-bond donors (Lipinski definition) is 1. The highest BCUT2D eigenvalue weighted by Crippen LogP contribution is 2.26. The zero-order chi connectivity index (χ0) is 21.0. The number of anilines is 2. The molecule has 0 atom stereocenters. The number of para-hydroxylation sites is 1. The fraction of sp³-hybridized carbons (Fsp3) is 0.217. The van der Waals surface area contributed by atoms with Gasteiger partial charge in [-0.25, -0.2) is 15.0 Å². The number of carbonyl (C=O) groups is 1. The van der Waals surface area contributed by atoms with E-state index in [1.54, 1.807) is 6.20 Å². The fourth-order valence-corrected chi connectivity index (χ4v) is 4.22. The van der Waals surface area contributed by atoms with Crippen molar-refractivity contribution < 1.29 is 9.53 Å². The quantitative estimate of drug-likeness (QED) is 0.518. The first-order valence-corrected chi connectivity index (χ1v) is 11.0. The summed E-state index contributed by atoms with van der Waals surface area (Å²) in [5.74, 6) is 0.826. The zero-order valence-electron chi connectivity index (χ0n) is 16.8. The van der Waals surface area contributed by atoms with Crippen molar-refractivity contribution in [3.63, 3.8) is 0 Å². The fourth-order valence-electron chi connectivity index (χ4n) is 3.68. The van der Waals surface area contributed by atoms with Crippen LogP contribution < -0.4 is 10.2 Å². The third-order valence-corrected chi connectivity index (χ3v) is 5.90. The Morgan fingerprint density at radius 2 is 2.00 bits per heavy atom. The number of rotatable bonds is 5. The van der Waals surface area contributed by atoms with E-state index >= 15 is 0 Å². The predicted molar refractivity (Wildman–Crippen MR) is 122 cm³/mol. The molecule has 5 rings (SSSR count). The summed E-state index contributed by atoms with van der Waals surface area (Å²) in [4.78, 5) is 28.3. The van der Waals surface area contributed by atoms with Gasteiger partial charge in [0.05, 0.1) is 30.8 Å². The topological polar surface area (TPSA) is 80.2 Å². The lowest BCUT2D eigenvalue weighted by Crippen LogP contribution is -2.36. The van der Waals surface area contributed by atoms with Crippen LogP contribution in [0.4, 0.5) is 10.9 Å². The summed E-state index contributed by atoms with van der Waals surface area (Å²) in [6, 6.07) is 14.0. The van der Waals surface area contributed by atoms with Gasteiger partial charge in [0.25, 0.3) is 0 Å². The second-order valence-corrected chi connectivity index (χ2v) is 8.14. The minimum Gasteiger partial charge on any atom is -0.378 e. The van der Waals surface area contributed by atoms with Crippen molar-refractivity contribution >= 4 is 39.1 Å². The van der Waals surface area contributed by atoms with Crippen LogP contribution in [0, 0.1) is 0 Å². The summed E-state index contributed by atoms with van der Waals surface area (Å²) < 4.78 is 5.44. The van der Waals surface area contributed by atoms with E-state index in [2.05, 4.69) is 32.3 Å². The Morgan fingerprint density at radius 1 is 1.10 bits per heavy atom. The second-order valence-electron chi connectivity index (χ2n) is 7.25. The molecule has 1 aromatic carbocycles. The van der Waals surface area contributed by atoms with E-state index in [9.17, 15) is 4.79 Å². The molecule has 7 nitrogen and oxygen atoms in total. The van der Waals surface area contributed by atoms with Crippen molar-refractivity contribution in [3.05, 3.63) is 65.8 Å². The molecule has 31 heavy (non-hydrogen) atoms. The monoisotopic (exact) mass is 431 g/mol. The molecule has 8 heteroatoms. The van der Waals surface area contributed by atoms with E-state index in [0.29, 0.717) is 18.3 Å². The Kier molecular flexibility index (Phi) is 5.56. The average molecular weight is 432 g/mol. The molecule has 0 saturated carbocycles. The Balaban J connectivity index is 1.44. The van der Waals surface area contributed by atoms with Crippen molar-refractivity contribution in [1.82, 2.24) is 15.0 Å². The van der Waals surface area contributed by atoms with Gasteiger partial charge in [0.2, 0.25) is 5.91 Å². The van der Waals surface area contributed by atoms with Gasteiger partial charge in [-0.15, -0.1) is 11.3 Å². The standard InChI is InChI=1S/C23H21N5O2S/c29-21(27-23-25-8-13-31-23)15-18-3-1-2-16-4-5-19(26-22(16)18)17-6-7-24-20(14-17)28-9-11-30-12-10-28/h1-8,13-14H,9-12,15H2,(H,25,27,29). The molecule has 1 fully saturated rings. The SMILES string of the molecule is O=C(Cc1cccc2ccc(-c3ccnc(N4CCOCC4)c3)nc12)Nc1nccs1. The van der Waals surface area contributed by atoms with Crippen LogP contribution in [0.1, 0.15) is 5.56 Å². The molecule has 0 radical (unpaired) electrons. The summed E-state index contributed by atoms with van der Waals surface area (Å²) in [6.07, 6.45) is 3.73. The molecule has 1 N–H and O–H groups in total. The number of pyridine rings is 2. The molecule has 0 aliphatic carbocycles. The lowest BCUT2D eigenvalue weighted by atomic mass is 10.0. The Hall–Kier alpha value is -3.36. The first-order valence-electron chi connectivity index (χ1n) is 10.1. The maximum absolute atomic E-state index is 12.5. The van der Waals surface area contributed by atoms with Crippen LogP contribution in [-0.2, 0) is 16.0 Å². The lowest BCUT2D eigenvalue weighted by Gasteiger charge is -2.28. The van der Waals surface area contributed by atoms with Gasteiger partial charge in [-0.3, -0.25) is 4.79 Å². The summed E-state index contributed by atoms with van der Waals surface area (Å²) in [7, 11) is 0. The number of carbonyl (C=O) groups excluding carboxylic acids is 1. The number of nitrogens with one attached hydrogen (secondary N) is 1. The van der Waals surface area contributed by atoms with Gasteiger partial charge in [-0.05, 0) is 23.8 Å². The van der Waals surface area contributed by atoms with Crippen LogP contribution in [-0.4, -0.2) is 47.2 Å². The van der Waals surface area contributed by atoms with E-state index in [0.717, 1.165) is 46.6 Å². The van der Waals surface area contributed by atoms with Gasteiger partial charge >= 0.3 is 0 Å². The van der Waals surface area contributed by atoms with Crippen LogP contribution >= 0.6 is 11.3 Å². The molecular weight excluding hydrogens is 410 g/mol. The zero-order valence-corrected chi connectivity index (χ0v) is 17.6. The molecule has 156 valence electrons. The van der Waals surface area contributed by atoms with Crippen LogP contribution in [0.5, 0.6) is 0 Å². The van der Waals surface area contributed by atoms with E-state index in [1.165, 1.54) is 11.3 Å². The van der Waals surface area contributed by atoms with Crippen LogP contribution in [0.2, 0.25) is 0 Å². The van der Waals surface area contributed by atoms with Gasteiger partial charge in [-0.2, -0.15) is 0 Å². The van der Waals surface area contributed by atoms with Crippen molar-refractivity contribution in [2.45, 2.75) is 6.42 Å². The molecule has 1 aliphatic rings. The minimum atomic E-state index is -0.104. The molecule has 0 spiro atoms. The molecule has 4 aromatic rings. The van der Waals surface area contributed by atoms with E-state index in [1.807, 2.05) is 41.9 Å². The van der Waals surface area contributed by atoms with E-state index in [4.69, 9.17) is 9.72 Å². The van der Waals surface area contributed by atoms with Crippen LogP contribution in [0.25, 0.3) is 22.2 Å². The molecule has 0 bridgehead atoms. The second kappa shape index (κ2) is 8.79. The third-order valence-electron chi connectivity index (χ3n) is 5.21. The lowest BCUT2D eigenvalue weighted by molar-refractivity contribution is -0.115. The predicted octanol–water partition coefficient (Wildman–Crippen LogP) is 3.77. The van der Waals surface area contributed by atoms with Gasteiger partial charge in [-0.1, -0.05) is 24.3 Å². The highest BCUT2D eigenvalue weighted by molar-refractivity contribution is 7.13. The largest absolute Gasteiger partial charge is 0.378 e. The maximum atomic E-state index is 12.5. The van der Waals surface area contributed by atoms with Crippen molar-refractivity contribution in [2.75, 3.05) is 36.5 Å².